The molecule has 4 aromatic carbocycles. The summed E-state index contributed by atoms with van der Waals surface area (Å²) in [6.07, 6.45) is -1.15. The number of carbonyl (C=O) groups is 1. The third-order valence-corrected chi connectivity index (χ3v) is 8.10. The van der Waals surface area contributed by atoms with Gasteiger partial charge in [-0.05, 0) is 65.6 Å². The zero-order valence-corrected chi connectivity index (χ0v) is 26.3. The maximum Gasteiger partial charge on any atom is 0.315 e. The van der Waals surface area contributed by atoms with E-state index in [1.165, 1.54) is 0 Å². The van der Waals surface area contributed by atoms with Crippen molar-refractivity contribution in [2.24, 2.45) is 0 Å². The molecule has 5 rings (SSSR count). The number of aromatic hydroxyl groups is 1. The molecule has 0 radical (unpaired) electrons. The summed E-state index contributed by atoms with van der Waals surface area (Å²) >= 11 is 0. The molecule has 1 saturated heterocycles. The summed E-state index contributed by atoms with van der Waals surface area (Å²) < 4.78 is 13.0. The lowest BCUT2D eigenvalue weighted by atomic mass is 9.99. The minimum Gasteiger partial charge on any atom is -0.508 e. The number of aliphatic hydroxyl groups is 2. The van der Waals surface area contributed by atoms with Gasteiger partial charge in [-0.15, -0.1) is 0 Å². The summed E-state index contributed by atoms with van der Waals surface area (Å²) in [5.41, 5.74) is 6.47. The Kier molecular flexibility index (Phi) is 11.4. The molecule has 5 N–H and O–H groups in total. The minimum absolute atomic E-state index is 0.0214. The number of carbonyl (C=O) groups excluding carboxylic acids is 1. The van der Waals surface area contributed by atoms with E-state index >= 15 is 0 Å². The lowest BCUT2D eigenvalue weighted by Gasteiger charge is -2.38. The number of ether oxygens (including phenoxy) is 2. The molecule has 4 aromatic rings. The highest BCUT2D eigenvalue weighted by Gasteiger charge is 2.33. The van der Waals surface area contributed by atoms with Gasteiger partial charge in [-0.2, -0.15) is 0 Å². The van der Waals surface area contributed by atoms with E-state index in [-0.39, 0.29) is 30.6 Å². The van der Waals surface area contributed by atoms with Gasteiger partial charge in [0.15, 0.2) is 6.29 Å². The van der Waals surface area contributed by atoms with E-state index in [1.54, 1.807) is 24.3 Å². The molecule has 2 amide bonds. The van der Waals surface area contributed by atoms with Gasteiger partial charge in [0.05, 0.1) is 24.9 Å². The second-order valence-electron chi connectivity index (χ2n) is 11.7. The lowest BCUT2D eigenvalue weighted by molar-refractivity contribution is -0.252. The van der Waals surface area contributed by atoms with Gasteiger partial charge in [0.25, 0.3) is 0 Å². The highest BCUT2D eigenvalue weighted by Crippen LogP contribution is 2.38. The van der Waals surface area contributed by atoms with Crippen molar-refractivity contribution in [2.45, 2.75) is 51.1 Å². The van der Waals surface area contributed by atoms with E-state index < -0.39 is 12.4 Å². The molecule has 0 aromatic heterocycles. The number of likely N-dealkylation sites (N-methyl/N-ethyl adjacent to an activating group) is 1. The Hall–Kier alpha value is -4.25. The molecule has 1 fully saturated rings. The third kappa shape index (κ3) is 8.93. The predicted molar refractivity (Wildman–Crippen MR) is 177 cm³/mol. The normalized spacial score (nSPS) is 18.7. The first-order chi connectivity index (χ1) is 22.3. The van der Waals surface area contributed by atoms with Crippen LogP contribution in [-0.4, -0.2) is 59.0 Å². The van der Waals surface area contributed by atoms with Gasteiger partial charge < -0.3 is 40.3 Å². The average molecular weight is 626 g/mol. The first kappa shape index (κ1) is 33.1. The molecule has 0 bridgehead atoms. The highest BCUT2D eigenvalue weighted by atomic mass is 16.7. The Balaban J connectivity index is 1.30. The van der Waals surface area contributed by atoms with Gasteiger partial charge in [-0.1, -0.05) is 78.9 Å². The zero-order chi connectivity index (χ0) is 32.5. The fourth-order valence-corrected chi connectivity index (χ4v) is 5.69. The van der Waals surface area contributed by atoms with Crippen molar-refractivity contribution in [2.75, 3.05) is 26.7 Å². The number of hydrogen-bond donors (Lipinski definition) is 5. The van der Waals surface area contributed by atoms with Crippen LogP contribution in [0, 0.1) is 0 Å². The van der Waals surface area contributed by atoms with E-state index in [4.69, 9.17) is 9.47 Å². The van der Waals surface area contributed by atoms with Crippen molar-refractivity contribution in [1.29, 1.82) is 0 Å². The van der Waals surface area contributed by atoms with Crippen LogP contribution in [-0.2, 0) is 22.6 Å². The number of phenolic OH excluding ortho intramolecular Hbond substituents is 1. The SMILES string of the molecule is CCNC(=O)NCc1cccc(-c2ccc(C3OC(CN(C)CC(O)c4cccc(O)c4)CC(c4ccc(CO)cc4)O3)cc2)c1. The Bertz CT molecular complexity index is 1560. The monoisotopic (exact) mass is 625 g/mol. The number of benzene rings is 4. The number of urea groups is 1. The molecule has 46 heavy (non-hydrogen) atoms. The van der Waals surface area contributed by atoms with E-state index in [0.717, 1.165) is 33.4 Å². The number of hydrogen-bond acceptors (Lipinski definition) is 7. The van der Waals surface area contributed by atoms with Crippen molar-refractivity contribution < 1.29 is 29.6 Å². The number of phenols is 1. The predicted octanol–water partition coefficient (Wildman–Crippen LogP) is 5.58. The van der Waals surface area contributed by atoms with Crippen molar-refractivity contribution in [1.82, 2.24) is 15.5 Å². The average Bonchev–Trinajstić information content (AvgIpc) is 3.07. The molecule has 1 aliphatic rings. The van der Waals surface area contributed by atoms with Crippen LogP contribution in [0.1, 0.15) is 59.7 Å². The van der Waals surface area contributed by atoms with E-state index in [9.17, 15) is 20.1 Å². The topological polar surface area (TPSA) is 124 Å². The number of rotatable bonds is 12. The molecule has 242 valence electrons. The molecule has 4 atom stereocenters. The molecule has 4 unspecified atom stereocenters. The van der Waals surface area contributed by atoms with Gasteiger partial charge in [-0.3, -0.25) is 0 Å². The Morgan fingerprint density at radius 1 is 0.891 bits per heavy atom. The summed E-state index contributed by atoms with van der Waals surface area (Å²) in [7, 11) is 1.94. The lowest BCUT2D eigenvalue weighted by Crippen LogP contribution is -2.39. The van der Waals surface area contributed by atoms with Crippen LogP contribution in [0.5, 0.6) is 5.75 Å². The Morgan fingerprint density at radius 3 is 2.35 bits per heavy atom. The largest absolute Gasteiger partial charge is 0.508 e. The molecule has 1 heterocycles. The highest BCUT2D eigenvalue weighted by molar-refractivity contribution is 5.73. The molecule has 1 aliphatic heterocycles. The molecule has 0 spiro atoms. The second-order valence-corrected chi connectivity index (χ2v) is 11.7. The van der Waals surface area contributed by atoms with E-state index in [2.05, 4.69) is 16.7 Å². The number of amides is 2. The quantitative estimate of drug-likeness (QED) is 0.139. The van der Waals surface area contributed by atoms with Crippen molar-refractivity contribution in [3.8, 4) is 16.9 Å². The third-order valence-electron chi connectivity index (χ3n) is 8.10. The Morgan fingerprint density at radius 2 is 1.63 bits per heavy atom. The molecular formula is C37H43N3O6. The van der Waals surface area contributed by atoms with Crippen LogP contribution < -0.4 is 10.6 Å². The van der Waals surface area contributed by atoms with Gasteiger partial charge >= 0.3 is 6.03 Å². The van der Waals surface area contributed by atoms with Crippen molar-refractivity contribution in [3.05, 3.63) is 125 Å². The van der Waals surface area contributed by atoms with E-state index in [1.807, 2.05) is 85.6 Å². The summed E-state index contributed by atoms with van der Waals surface area (Å²) in [4.78, 5) is 13.9. The number of nitrogens with one attached hydrogen (secondary N) is 2. The number of aliphatic hydroxyl groups excluding tert-OH is 2. The van der Waals surface area contributed by atoms with E-state index in [0.29, 0.717) is 38.2 Å². The second kappa shape index (κ2) is 15.8. The minimum atomic E-state index is -0.759. The Labute approximate surface area is 270 Å². The van der Waals surface area contributed by atoms with Crippen LogP contribution in [0.3, 0.4) is 0 Å². The summed E-state index contributed by atoms with van der Waals surface area (Å²) in [5, 5.41) is 35.8. The fourth-order valence-electron chi connectivity index (χ4n) is 5.69. The summed E-state index contributed by atoms with van der Waals surface area (Å²) in [5.74, 6) is 0.122. The van der Waals surface area contributed by atoms with Crippen LogP contribution in [0.25, 0.3) is 11.1 Å². The van der Waals surface area contributed by atoms with Gasteiger partial charge in [0.1, 0.15) is 5.75 Å². The molecular weight excluding hydrogens is 582 g/mol. The summed E-state index contributed by atoms with van der Waals surface area (Å²) in [6.45, 7) is 3.81. The number of nitrogens with zero attached hydrogens (tertiary/aromatic N) is 1. The van der Waals surface area contributed by atoms with Crippen LogP contribution in [0.2, 0.25) is 0 Å². The first-order valence-corrected chi connectivity index (χ1v) is 15.7. The molecule has 0 aliphatic carbocycles. The molecule has 9 nitrogen and oxygen atoms in total. The fraction of sp³-hybridized carbons (Fsp3) is 0.324. The maximum atomic E-state index is 11.8. The smallest absolute Gasteiger partial charge is 0.315 e. The van der Waals surface area contributed by atoms with Crippen LogP contribution >= 0.6 is 0 Å². The first-order valence-electron chi connectivity index (χ1n) is 15.7. The van der Waals surface area contributed by atoms with Gasteiger partial charge in [-0.25, -0.2) is 4.79 Å². The van der Waals surface area contributed by atoms with Gasteiger partial charge in [0.2, 0.25) is 0 Å². The van der Waals surface area contributed by atoms with Crippen LogP contribution in [0.4, 0.5) is 4.79 Å². The van der Waals surface area contributed by atoms with Gasteiger partial charge in [0, 0.05) is 38.2 Å². The zero-order valence-electron chi connectivity index (χ0n) is 26.3. The molecule has 0 saturated carbocycles. The summed E-state index contributed by atoms with van der Waals surface area (Å²) in [6, 6.07) is 30.5. The van der Waals surface area contributed by atoms with Crippen LogP contribution in [0.15, 0.2) is 97.1 Å². The van der Waals surface area contributed by atoms with Crippen molar-refractivity contribution >= 4 is 6.03 Å². The standard InChI is InChI=1S/C37H43N3O6/c1-3-38-37(44)39-21-26-6-4-7-30(18-26)27-14-16-29(17-15-27)36-45-33(20-35(46-36)28-12-10-25(24-41)11-13-28)22-40(2)23-34(43)31-8-5-9-32(42)19-31/h4-19,33-36,41-43H,3,20-24H2,1-2H3,(H2,38,39,44). The molecule has 9 heteroatoms. The van der Waals surface area contributed by atoms with Crippen molar-refractivity contribution in [3.63, 3.8) is 0 Å². The maximum absolute atomic E-state index is 11.8.